The van der Waals surface area contributed by atoms with Gasteiger partial charge in [-0.25, -0.2) is 4.79 Å². The fourth-order valence-corrected chi connectivity index (χ4v) is 5.65. The molecule has 0 aromatic carbocycles. The van der Waals surface area contributed by atoms with Crippen LogP contribution in [-0.2, 0) is 9.53 Å². The Hall–Kier alpha value is -2.61. The second kappa shape index (κ2) is 13.0. The number of hydrogen-bond acceptors (Lipinski definition) is 6. The van der Waals surface area contributed by atoms with E-state index in [4.69, 9.17) is 14.6 Å². The number of pyridine rings is 1. The Morgan fingerprint density at radius 2 is 1.68 bits per heavy atom. The lowest BCUT2D eigenvalue weighted by Crippen LogP contribution is -2.42. The van der Waals surface area contributed by atoms with E-state index in [1.807, 2.05) is 37.8 Å². The zero-order valence-corrected chi connectivity index (χ0v) is 23.4. The molecule has 0 radical (unpaired) electrons. The maximum Gasteiger partial charge on any atom is 0.410 e. The highest BCUT2D eigenvalue weighted by Gasteiger charge is 2.30. The average molecular weight is 528 g/mol. The molecule has 2 amide bonds. The van der Waals surface area contributed by atoms with Gasteiger partial charge in [0.25, 0.3) is 0 Å². The smallest absolute Gasteiger partial charge is 0.410 e. The van der Waals surface area contributed by atoms with E-state index < -0.39 is 5.60 Å². The summed E-state index contributed by atoms with van der Waals surface area (Å²) >= 11 is 0. The van der Waals surface area contributed by atoms with E-state index >= 15 is 0 Å². The third-order valence-electron chi connectivity index (χ3n) is 8.04. The van der Waals surface area contributed by atoms with Crippen molar-refractivity contribution in [1.82, 2.24) is 14.8 Å². The van der Waals surface area contributed by atoms with Crippen LogP contribution >= 0.6 is 0 Å². The number of piperidine rings is 2. The van der Waals surface area contributed by atoms with Crippen molar-refractivity contribution >= 4 is 17.6 Å². The average Bonchev–Trinajstić information content (AvgIpc) is 2.92. The van der Waals surface area contributed by atoms with Crippen LogP contribution in [0.15, 0.2) is 24.4 Å². The van der Waals surface area contributed by atoms with Crippen LogP contribution in [0.25, 0.3) is 5.57 Å². The monoisotopic (exact) mass is 527 g/mol. The maximum absolute atomic E-state index is 13.0. The third kappa shape index (κ3) is 7.95. The van der Waals surface area contributed by atoms with Crippen LogP contribution < -0.4 is 4.74 Å². The van der Waals surface area contributed by atoms with Gasteiger partial charge in [-0.1, -0.05) is 6.08 Å². The number of aliphatic hydroxyl groups is 1. The van der Waals surface area contributed by atoms with Gasteiger partial charge in [0.2, 0.25) is 5.91 Å². The summed E-state index contributed by atoms with van der Waals surface area (Å²) < 4.78 is 11.5. The van der Waals surface area contributed by atoms with Crippen molar-refractivity contribution in [1.29, 1.82) is 0 Å². The minimum Gasteiger partial charge on any atom is -0.492 e. The molecule has 0 spiro atoms. The highest BCUT2D eigenvalue weighted by atomic mass is 16.6. The number of likely N-dealkylation sites (tertiary alicyclic amines) is 2. The Morgan fingerprint density at radius 1 is 1.00 bits per heavy atom. The Labute approximate surface area is 227 Å². The number of ether oxygens (including phenoxy) is 2. The van der Waals surface area contributed by atoms with Crippen molar-refractivity contribution in [3.63, 3.8) is 0 Å². The van der Waals surface area contributed by atoms with Crippen molar-refractivity contribution in [3.8, 4) is 5.75 Å². The van der Waals surface area contributed by atoms with E-state index in [1.54, 1.807) is 11.1 Å². The molecule has 1 unspecified atom stereocenters. The normalized spacial score (nSPS) is 21.7. The molecule has 1 aromatic heterocycles. The molecular weight excluding hydrogens is 482 g/mol. The quantitative estimate of drug-likeness (QED) is 0.542. The van der Waals surface area contributed by atoms with Crippen LogP contribution in [0, 0.1) is 17.8 Å². The summed E-state index contributed by atoms with van der Waals surface area (Å²) in [6.07, 6.45) is 10.9. The number of amides is 2. The van der Waals surface area contributed by atoms with Crippen LogP contribution in [0.3, 0.4) is 0 Å². The van der Waals surface area contributed by atoms with Crippen LogP contribution in [-0.4, -0.2) is 76.9 Å². The molecule has 2 saturated heterocycles. The van der Waals surface area contributed by atoms with Gasteiger partial charge in [0.15, 0.2) is 0 Å². The lowest BCUT2D eigenvalue weighted by atomic mass is 9.86. The Kier molecular flexibility index (Phi) is 9.69. The van der Waals surface area contributed by atoms with E-state index in [2.05, 4.69) is 11.1 Å². The van der Waals surface area contributed by atoms with Gasteiger partial charge < -0.3 is 24.4 Å². The van der Waals surface area contributed by atoms with Crippen molar-refractivity contribution in [3.05, 3.63) is 30.1 Å². The number of aromatic nitrogens is 1. The SMILES string of the molecule is CC(C)(C)OC(=O)N1CCC(COc2ccc(C3=CCC(C(=O)N4CCC(CCO)CC4)CC3)nc2)CC1. The summed E-state index contributed by atoms with van der Waals surface area (Å²) in [5, 5.41) is 9.15. The lowest BCUT2D eigenvalue weighted by molar-refractivity contribution is -0.137. The molecule has 2 aliphatic heterocycles. The molecule has 1 aliphatic carbocycles. The van der Waals surface area contributed by atoms with Crippen molar-refractivity contribution in [2.75, 3.05) is 39.4 Å². The molecule has 1 aromatic rings. The Bertz CT molecular complexity index is 955. The first kappa shape index (κ1) is 28.4. The molecule has 1 N–H and O–H groups in total. The molecule has 8 nitrogen and oxygen atoms in total. The standard InChI is InChI=1S/C30H45N3O5/c1-30(2,3)38-29(36)33-17-12-23(13-18-33)21-37-26-8-9-27(31-20-26)24-4-6-25(7-5-24)28(35)32-15-10-22(11-16-32)14-19-34/h4,8-9,20,22-23,25,34H,5-7,10-19,21H2,1-3H3. The summed E-state index contributed by atoms with van der Waals surface area (Å²) in [5.74, 6) is 2.08. The molecule has 1 atom stereocenters. The van der Waals surface area contributed by atoms with E-state index in [1.165, 1.54) is 5.57 Å². The van der Waals surface area contributed by atoms with Gasteiger partial charge in [0.05, 0.1) is 18.5 Å². The number of rotatable bonds is 7. The van der Waals surface area contributed by atoms with Gasteiger partial charge in [-0.3, -0.25) is 9.78 Å². The zero-order chi connectivity index (χ0) is 27.1. The van der Waals surface area contributed by atoms with Crippen molar-refractivity contribution in [2.45, 2.75) is 77.7 Å². The zero-order valence-electron chi connectivity index (χ0n) is 23.4. The fraction of sp³-hybridized carbons (Fsp3) is 0.700. The third-order valence-corrected chi connectivity index (χ3v) is 8.04. The number of carbonyl (C=O) groups is 2. The van der Waals surface area contributed by atoms with Gasteiger partial charge >= 0.3 is 6.09 Å². The predicted octanol–water partition coefficient (Wildman–Crippen LogP) is 4.91. The summed E-state index contributed by atoms with van der Waals surface area (Å²) in [7, 11) is 0. The first-order valence-corrected chi connectivity index (χ1v) is 14.4. The van der Waals surface area contributed by atoms with Gasteiger partial charge in [-0.15, -0.1) is 0 Å². The Morgan fingerprint density at radius 3 is 2.26 bits per heavy atom. The van der Waals surface area contributed by atoms with Gasteiger partial charge in [0.1, 0.15) is 11.4 Å². The predicted molar refractivity (Wildman–Crippen MR) is 147 cm³/mol. The number of aliphatic hydroxyl groups excluding tert-OH is 1. The minimum atomic E-state index is -0.470. The van der Waals surface area contributed by atoms with Crippen molar-refractivity contribution < 1.29 is 24.2 Å². The molecule has 210 valence electrons. The van der Waals surface area contributed by atoms with Crippen LogP contribution in [0.2, 0.25) is 0 Å². The molecule has 4 rings (SSSR count). The van der Waals surface area contributed by atoms with Crippen LogP contribution in [0.5, 0.6) is 5.75 Å². The van der Waals surface area contributed by atoms with E-state index in [9.17, 15) is 9.59 Å². The number of nitrogens with zero attached hydrogens (tertiary/aromatic N) is 3. The molecule has 2 fully saturated rings. The molecule has 38 heavy (non-hydrogen) atoms. The molecular formula is C30H45N3O5. The van der Waals surface area contributed by atoms with Gasteiger partial charge in [0, 0.05) is 38.7 Å². The van der Waals surface area contributed by atoms with Gasteiger partial charge in [-0.2, -0.15) is 0 Å². The molecule has 0 bridgehead atoms. The summed E-state index contributed by atoms with van der Waals surface area (Å²) in [5.41, 5.74) is 1.69. The summed E-state index contributed by atoms with van der Waals surface area (Å²) in [4.78, 5) is 33.7. The van der Waals surface area contributed by atoms with Crippen molar-refractivity contribution in [2.24, 2.45) is 17.8 Å². The Balaban J connectivity index is 1.19. The second-order valence-electron chi connectivity index (χ2n) is 12.1. The van der Waals surface area contributed by atoms with Crippen LogP contribution in [0.4, 0.5) is 4.79 Å². The fourth-order valence-electron chi connectivity index (χ4n) is 5.65. The number of hydrogen-bond donors (Lipinski definition) is 1. The molecule has 0 saturated carbocycles. The highest BCUT2D eigenvalue weighted by Crippen LogP contribution is 2.32. The summed E-state index contributed by atoms with van der Waals surface area (Å²) in [6, 6.07) is 3.99. The van der Waals surface area contributed by atoms with Crippen LogP contribution in [0.1, 0.15) is 77.8 Å². The largest absolute Gasteiger partial charge is 0.492 e. The molecule has 8 heteroatoms. The van der Waals surface area contributed by atoms with Gasteiger partial charge in [-0.05, 0) is 102 Å². The first-order valence-electron chi connectivity index (χ1n) is 14.4. The second-order valence-corrected chi connectivity index (χ2v) is 12.1. The molecule has 3 heterocycles. The molecule has 3 aliphatic rings. The maximum atomic E-state index is 13.0. The first-order chi connectivity index (χ1) is 18.2. The minimum absolute atomic E-state index is 0.0671. The van der Waals surface area contributed by atoms with E-state index in [-0.39, 0.29) is 24.5 Å². The van der Waals surface area contributed by atoms with E-state index in [0.29, 0.717) is 31.5 Å². The summed E-state index contributed by atoms with van der Waals surface area (Å²) in [6.45, 7) is 9.56. The number of carbonyl (C=O) groups excluding carboxylic acids is 2. The number of allylic oxidation sites excluding steroid dienone is 2. The van der Waals surface area contributed by atoms with E-state index in [0.717, 1.165) is 75.9 Å². The topological polar surface area (TPSA) is 92.2 Å². The highest BCUT2D eigenvalue weighted by molar-refractivity contribution is 5.80. The lowest BCUT2D eigenvalue weighted by Gasteiger charge is -2.35.